The lowest BCUT2D eigenvalue weighted by Crippen LogP contribution is -2.33. The summed E-state index contributed by atoms with van der Waals surface area (Å²) in [5.74, 6) is 0. The van der Waals surface area contributed by atoms with E-state index < -0.39 is 11.2 Å². The van der Waals surface area contributed by atoms with E-state index in [1.807, 2.05) is 24.3 Å². The first-order chi connectivity index (χ1) is 14.2. The van der Waals surface area contributed by atoms with Gasteiger partial charge in [-0.3, -0.25) is 14.8 Å². The van der Waals surface area contributed by atoms with Crippen LogP contribution >= 0.6 is 11.3 Å². The van der Waals surface area contributed by atoms with Crippen molar-refractivity contribution >= 4 is 32.3 Å². The maximum atomic E-state index is 13.2. The molecule has 1 aromatic carbocycles. The fourth-order valence-electron chi connectivity index (χ4n) is 3.33. The number of rotatable bonds is 2. The lowest BCUT2D eigenvalue weighted by atomic mass is 10.1. The van der Waals surface area contributed by atoms with Gasteiger partial charge >= 0.3 is 5.69 Å². The molecule has 4 heterocycles. The Morgan fingerprint density at radius 1 is 1.07 bits per heavy atom. The molecule has 0 atom stereocenters. The average molecular weight is 397 g/mol. The van der Waals surface area contributed by atoms with Crippen LogP contribution in [0.15, 0.2) is 70.8 Å². The van der Waals surface area contributed by atoms with Crippen LogP contribution in [0.25, 0.3) is 37.1 Å². The summed E-state index contributed by atoms with van der Waals surface area (Å²) in [5, 5.41) is 10.9. The molecule has 5 aromatic rings. The standard InChI is InChI=1S/C21H11N5O2S/c22-8-12-5-6-23-10-15(12)18-7-16-19(29-18)20(27)26(21(28)25-16)17-11-24-9-13-3-1-2-4-14(13)17/h1-7,9-11H,(H,25,28). The number of nitrogens with one attached hydrogen (secondary N) is 1. The zero-order valence-corrected chi connectivity index (χ0v) is 15.6. The second-order valence-electron chi connectivity index (χ2n) is 6.34. The minimum Gasteiger partial charge on any atom is -0.306 e. The predicted octanol–water partition coefficient (Wildman–Crippen LogP) is 3.22. The van der Waals surface area contributed by atoms with Crippen LogP contribution in [0.2, 0.25) is 0 Å². The first kappa shape index (κ1) is 17.0. The van der Waals surface area contributed by atoms with Gasteiger partial charge in [0, 0.05) is 39.8 Å². The number of thiophene rings is 1. The third kappa shape index (κ3) is 2.64. The van der Waals surface area contributed by atoms with Gasteiger partial charge in [-0.1, -0.05) is 24.3 Å². The summed E-state index contributed by atoms with van der Waals surface area (Å²) in [6, 6.07) is 12.9. The molecular weight excluding hydrogens is 386 g/mol. The van der Waals surface area contributed by atoms with E-state index in [2.05, 4.69) is 21.0 Å². The Labute approximate surface area is 167 Å². The van der Waals surface area contributed by atoms with E-state index in [4.69, 9.17) is 0 Å². The Morgan fingerprint density at radius 2 is 1.93 bits per heavy atom. The Kier molecular flexibility index (Phi) is 3.82. The topological polar surface area (TPSA) is 104 Å². The van der Waals surface area contributed by atoms with Gasteiger partial charge in [0.15, 0.2) is 0 Å². The summed E-state index contributed by atoms with van der Waals surface area (Å²) in [5.41, 5.74) is 0.946. The summed E-state index contributed by atoms with van der Waals surface area (Å²) in [7, 11) is 0. The van der Waals surface area contributed by atoms with Crippen molar-refractivity contribution in [2.45, 2.75) is 0 Å². The average Bonchev–Trinajstić information content (AvgIpc) is 3.18. The molecule has 5 rings (SSSR count). The summed E-state index contributed by atoms with van der Waals surface area (Å²) >= 11 is 1.21. The first-order valence-corrected chi connectivity index (χ1v) is 9.45. The number of nitrogens with zero attached hydrogens (tertiary/aromatic N) is 4. The maximum absolute atomic E-state index is 13.2. The van der Waals surface area contributed by atoms with Crippen molar-refractivity contribution in [1.29, 1.82) is 5.26 Å². The van der Waals surface area contributed by atoms with Gasteiger partial charge in [0.1, 0.15) is 4.70 Å². The molecule has 0 fully saturated rings. The smallest absolute Gasteiger partial charge is 0.306 e. The quantitative estimate of drug-likeness (QED) is 0.492. The van der Waals surface area contributed by atoms with Crippen LogP contribution in [0.3, 0.4) is 0 Å². The molecule has 0 bridgehead atoms. The monoisotopic (exact) mass is 397 g/mol. The number of fused-ring (bicyclic) bond motifs is 2. The van der Waals surface area contributed by atoms with Gasteiger partial charge in [0.2, 0.25) is 0 Å². The van der Waals surface area contributed by atoms with Crippen molar-refractivity contribution in [2.24, 2.45) is 0 Å². The minimum absolute atomic E-state index is 0.389. The van der Waals surface area contributed by atoms with E-state index in [1.54, 1.807) is 24.5 Å². The van der Waals surface area contributed by atoms with Crippen molar-refractivity contribution < 1.29 is 0 Å². The van der Waals surface area contributed by atoms with Gasteiger partial charge < -0.3 is 4.98 Å². The summed E-state index contributed by atoms with van der Waals surface area (Å²) in [6.07, 6.45) is 6.31. The lowest BCUT2D eigenvalue weighted by Gasteiger charge is -2.07. The number of benzene rings is 1. The van der Waals surface area contributed by atoms with Crippen LogP contribution in [0.4, 0.5) is 0 Å². The minimum atomic E-state index is -0.545. The molecule has 8 heteroatoms. The molecular formula is C21H11N5O2S. The van der Waals surface area contributed by atoms with Crippen molar-refractivity contribution in [3.8, 4) is 22.2 Å². The third-order valence-electron chi connectivity index (χ3n) is 4.67. The van der Waals surface area contributed by atoms with E-state index in [9.17, 15) is 14.9 Å². The van der Waals surface area contributed by atoms with Crippen LogP contribution < -0.4 is 11.2 Å². The van der Waals surface area contributed by atoms with Crippen LogP contribution in [0.1, 0.15) is 5.56 Å². The number of hydrogen-bond donors (Lipinski definition) is 1. The van der Waals surface area contributed by atoms with Gasteiger partial charge in [-0.15, -0.1) is 11.3 Å². The fraction of sp³-hybridized carbons (Fsp3) is 0. The molecule has 0 aliphatic heterocycles. The number of pyridine rings is 2. The zero-order valence-electron chi connectivity index (χ0n) is 14.8. The van der Waals surface area contributed by atoms with Crippen LogP contribution in [0, 0.1) is 11.3 Å². The normalized spacial score (nSPS) is 11.0. The molecule has 7 nitrogen and oxygen atoms in total. The second kappa shape index (κ2) is 6.51. The molecule has 0 saturated carbocycles. The third-order valence-corrected chi connectivity index (χ3v) is 5.83. The van der Waals surface area contributed by atoms with Gasteiger partial charge in [0.25, 0.3) is 5.56 Å². The number of aromatic amines is 1. The predicted molar refractivity (Wildman–Crippen MR) is 111 cm³/mol. The molecule has 0 unspecified atom stereocenters. The van der Waals surface area contributed by atoms with Crippen molar-refractivity contribution in [3.63, 3.8) is 0 Å². The summed E-state index contributed by atoms with van der Waals surface area (Å²) < 4.78 is 1.49. The maximum Gasteiger partial charge on any atom is 0.333 e. The zero-order chi connectivity index (χ0) is 20.0. The molecule has 0 saturated heterocycles. The molecule has 4 aromatic heterocycles. The van der Waals surface area contributed by atoms with Crippen molar-refractivity contribution in [3.05, 3.63) is 87.6 Å². The number of aromatic nitrogens is 4. The SMILES string of the molecule is N#Cc1ccncc1-c1cc2[nH]c(=O)n(-c3cncc4ccccc34)c(=O)c2s1. The van der Waals surface area contributed by atoms with E-state index >= 15 is 0 Å². The Hall–Kier alpha value is -4.09. The van der Waals surface area contributed by atoms with Gasteiger partial charge in [0.05, 0.1) is 29.0 Å². The molecule has 0 aliphatic rings. The molecule has 0 aliphatic carbocycles. The first-order valence-electron chi connectivity index (χ1n) is 8.64. The lowest BCUT2D eigenvalue weighted by molar-refractivity contribution is 0.905. The van der Waals surface area contributed by atoms with E-state index in [0.717, 1.165) is 15.3 Å². The Balaban J connectivity index is 1.81. The summed E-state index contributed by atoms with van der Waals surface area (Å²) in [4.78, 5) is 37.7. The highest BCUT2D eigenvalue weighted by Crippen LogP contribution is 2.32. The van der Waals surface area contributed by atoms with E-state index in [0.29, 0.717) is 31.9 Å². The van der Waals surface area contributed by atoms with E-state index in [-0.39, 0.29) is 0 Å². The number of hydrogen-bond acceptors (Lipinski definition) is 6. The van der Waals surface area contributed by atoms with Gasteiger partial charge in [-0.25, -0.2) is 9.36 Å². The highest BCUT2D eigenvalue weighted by atomic mass is 32.1. The molecule has 0 amide bonds. The number of H-pyrrole nitrogens is 1. The van der Waals surface area contributed by atoms with Crippen molar-refractivity contribution in [1.82, 2.24) is 19.5 Å². The molecule has 1 N–H and O–H groups in total. The highest BCUT2D eigenvalue weighted by molar-refractivity contribution is 7.22. The van der Waals surface area contributed by atoms with Crippen LogP contribution in [-0.2, 0) is 0 Å². The largest absolute Gasteiger partial charge is 0.333 e. The Morgan fingerprint density at radius 3 is 2.79 bits per heavy atom. The molecule has 29 heavy (non-hydrogen) atoms. The van der Waals surface area contributed by atoms with Gasteiger partial charge in [-0.05, 0) is 12.1 Å². The highest BCUT2D eigenvalue weighted by Gasteiger charge is 2.16. The van der Waals surface area contributed by atoms with E-state index in [1.165, 1.54) is 23.7 Å². The van der Waals surface area contributed by atoms with Crippen LogP contribution in [0.5, 0.6) is 0 Å². The molecule has 0 radical (unpaired) electrons. The molecule has 0 spiro atoms. The summed E-state index contributed by atoms with van der Waals surface area (Å²) in [6.45, 7) is 0. The van der Waals surface area contributed by atoms with Crippen molar-refractivity contribution in [2.75, 3.05) is 0 Å². The van der Waals surface area contributed by atoms with Gasteiger partial charge in [-0.2, -0.15) is 5.26 Å². The second-order valence-corrected chi connectivity index (χ2v) is 7.39. The van der Waals surface area contributed by atoms with Crippen LogP contribution in [-0.4, -0.2) is 19.5 Å². The number of nitriles is 1. The fourth-order valence-corrected chi connectivity index (χ4v) is 4.39. The molecule has 138 valence electrons. The Bertz CT molecular complexity index is 1570.